The molecule has 1 saturated carbocycles. The number of nitrogens with zero attached hydrogens (tertiary/aromatic N) is 3. The fraction of sp³-hybridized carbons (Fsp3) is 0.309. The number of ether oxygens (including phenoxy) is 3. The summed E-state index contributed by atoms with van der Waals surface area (Å²) < 4.78 is 15.7. The zero-order chi connectivity index (χ0) is 80.2. The number of amides is 5. The van der Waals surface area contributed by atoms with Crippen molar-refractivity contribution in [2.75, 3.05) is 86.3 Å². The van der Waals surface area contributed by atoms with Crippen LogP contribution in [-0.2, 0) is 54.4 Å². The van der Waals surface area contributed by atoms with Crippen LogP contribution < -0.4 is 21.3 Å². The third-order valence-corrected chi connectivity index (χ3v) is 21.0. The highest BCUT2D eigenvalue weighted by molar-refractivity contribution is 7.99. The van der Waals surface area contributed by atoms with Gasteiger partial charge in [-0.2, -0.15) is 33.5 Å². The summed E-state index contributed by atoms with van der Waals surface area (Å²) in [6.45, 7) is 9.60. The number of carbonyl (C=O) groups excluding carboxylic acids is 14. The first-order valence-electron chi connectivity index (χ1n) is 35.1. The van der Waals surface area contributed by atoms with Crippen LogP contribution >= 0.6 is 23.5 Å². The van der Waals surface area contributed by atoms with Crippen LogP contribution in [0.15, 0.2) is 150 Å². The number of aliphatic hydroxyl groups excluding tert-OH is 4. The number of isocyanates is 2. The van der Waals surface area contributed by atoms with Gasteiger partial charge in [-0.15, -0.1) is 0 Å². The fourth-order valence-electron chi connectivity index (χ4n) is 12.3. The van der Waals surface area contributed by atoms with Crippen LogP contribution in [0.2, 0.25) is 0 Å². The summed E-state index contributed by atoms with van der Waals surface area (Å²) >= 11 is 2.73. The second-order valence-corrected chi connectivity index (χ2v) is 28.5. The Morgan fingerprint density at radius 1 is 0.532 bits per heavy atom. The number of hydrogen-bond donors (Lipinski definition) is 8. The number of nitrogens with one attached hydrogen (secondary N) is 4. The van der Waals surface area contributed by atoms with Crippen molar-refractivity contribution >= 4 is 129 Å². The summed E-state index contributed by atoms with van der Waals surface area (Å²) in [6, 6.07) is 35.5. The Kier molecular flexibility index (Phi) is 29.3. The normalized spacial score (nSPS) is 16.3. The van der Waals surface area contributed by atoms with Gasteiger partial charge in [0.05, 0.1) is 61.7 Å². The lowest BCUT2D eigenvalue weighted by atomic mass is 9.66. The molecule has 30 heteroatoms. The van der Waals surface area contributed by atoms with E-state index in [2.05, 4.69) is 31.3 Å². The summed E-state index contributed by atoms with van der Waals surface area (Å²) in [4.78, 5) is 186. The van der Waals surface area contributed by atoms with E-state index in [9.17, 15) is 72.2 Å². The molecule has 3 aliphatic carbocycles. The SMILES string of the molecule is CC(CSCC(O)CO)C(=O)OCCN1CCNC1=O.CC(CSCC(O)CO)C(=O)OCCNC(=O)Nc1ccc2c(c1)C(=O)c1ccccc1C2=O.Cc1cc(C2C(=O)C(c3ccc(C)c(N=C=O)c3)C(=O)C(c3ccc(C)c(NC(=O)OCc4ccc5c(c4)C(=O)c4ccccc4C5=O)c3)C2=O)ccc1N=C=O. The predicted molar refractivity (Wildman–Crippen MR) is 409 cm³/mol. The minimum atomic E-state index is -1.46. The minimum absolute atomic E-state index is 0.0194. The lowest BCUT2D eigenvalue weighted by Gasteiger charge is -2.33. The standard InChI is InChI=1S/C45H31N3O9.C24H26N2O7S.C12H22N2O5S/c1-23-8-11-28(18-35(23)47-22-50)38-42(53)37(27-13-15-34(46-21-49)25(3)16-27)43(54)39(44(38)55)29-12-9-24(2)36(19-29)48-45(56)57-20-26-10-14-32-33(17-26)41(52)31-7-5-4-6-30(31)40(32)51;1-14(12-34-13-16(28)11-27)23(31)33-9-8-25-24(32)26-15-6-7-19-20(10-15)22(30)18-5-3-2-4-17(18)21(19)29;1-9(7-20-8-10(16)6-15)11(17)19-5-4-14-3-2-13-12(14)18/h4-19,37-39H,20H2,1-3H3,(H,48,56);2-7,10,14,16,27-28H,8-9,11-13H2,1H3,(H2,25,26,32);9-10,15-16H,2-8H2,1H3,(H,13,18). The van der Waals surface area contributed by atoms with Gasteiger partial charge in [-0.05, 0) is 108 Å². The number of rotatable bonds is 27. The van der Waals surface area contributed by atoms with E-state index in [1.165, 1.54) is 84.2 Å². The van der Waals surface area contributed by atoms with Crippen molar-refractivity contribution in [1.29, 1.82) is 0 Å². The second kappa shape index (κ2) is 39.1. The van der Waals surface area contributed by atoms with Gasteiger partial charge in [0.15, 0.2) is 40.5 Å². The number of hydrogen-bond acceptors (Lipinski definition) is 25. The van der Waals surface area contributed by atoms with E-state index < -0.39 is 71.3 Å². The highest BCUT2D eigenvalue weighted by Gasteiger charge is 2.51. The van der Waals surface area contributed by atoms with Crippen molar-refractivity contribution in [2.24, 2.45) is 21.8 Å². The van der Waals surface area contributed by atoms with E-state index in [4.69, 9.17) is 29.5 Å². The molecule has 1 saturated heterocycles. The zero-order valence-electron chi connectivity index (χ0n) is 60.9. The number of aliphatic hydroxyl groups is 4. The number of anilines is 2. The zero-order valence-corrected chi connectivity index (χ0v) is 62.5. The molecule has 1 heterocycles. The maximum Gasteiger partial charge on any atom is 0.411 e. The van der Waals surface area contributed by atoms with Crippen molar-refractivity contribution < 1.29 is 102 Å². The number of aryl methyl sites for hydroxylation is 3. The van der Waals surface area contributed by atoms with Gasteiger partial charge in [-0.1, -0.05) is 105 Å². The summed E-state index contributed by atoms with van der Waals surface area (Å²) in [5.41, 5.74) is 6.28. The number of benzene rings is 7. The first kappa shape index (κ1) is 83.3. The molecule has 7 aromatic rings. The minimum Gasteiger partial charge on any atom is -0.464 e. The highest BCUT2D eigenvalue weighted by atomic mass is 32.2. The molecule has 1 aliphatic heterocycles. The lowest BCUT2D eigenvalue weighted by molar-refractivity contribution is -0.148. The van der Waals surface area contributed by atoms with Crippen LogP contribution in [0.4, 0.5) is 37.1 Å². The van der Waals surface area contributed by atoms with Crippen molar-refractivity contribution in [3.63, 3.8) is 0 Å². The highest BCUT2D eigenvalue weighted by Crippen LogP contribution is 2.44. The molecule has 0 radical (unpaired) electrons. The predicted octanol–water partition coefficient (Wildman–Crippen LogP) is 8.57. The van der Waals surface area contributed by atoms with Gasteiger partial charge in [0.25, 0.3) is 0 Å². The monoisotopic (exact) mass is 1550 g/mol. The Bertz CT molecular complexity index is 4900. The fourth-order valence-corrected chi connectivity index (χ4v) is 14.3. The van der Waals surface area contributed by atoms with Gasteiger partial charge < -0.3 is 55.5 Å². The van der Waals surface area contributed by atoms with Gasteiger partial charge in [-0.25, -0.2) is 24.0 Å². The molecule has 576 valence electrons. The lowest BCUT2D eigenvalue weighted by Crippen LogP contribution is -2.44. The van der Waals surface area contributed by atoms with Gasteiger partial charge in [0.2, 0.25) is 12.2 Å². The Labute approximate surface area is 645 Å². The third kappa shape index (κ3) is 20.8. The molecular weight excluding hydrogens is 1470 g/mol. The maximum atomic E-state index is 14.4. The van der Waals surface area contributed by atoms with Gasteiger partial charge in [-0.3, -0.25) is 48.5 Å². The average molecular weight is 1550 g/mol. The molecule has 2 fully saturated rings. The quantitative estimate of drug-likeness (QED) is 0.00596. The molecule has 0 aromatic heterocycles. The summed E-state index contributed by atoms with van der Waals surface area (Å²) in [5.74, 6) is -7.18. The van der Waals surface area contributed by atoms with Crippen LogP contribution in [0.25, 0.3) is 0 Å². The number of urea groups is 2. The summed E-state index contributed by atoms with van der Waals surface area (Å²) in [6.07, 6.45) is 0.520. The van der Waals surface area contributed by atoms with E-state index in [1.807, 2.05) is 0 Å². The Morgan fingerprint density at radius 3 is 1.53 bits per heavy atom. The van der Waals surface area contributed by atoms with Gasteiger partial charge in [0.1, 0.15) is 37.6 Å². The molecule has 0 spiro atoms. The van der Waals surface area contributed by atoms with Crippen molar-refractivity contribution in [1.82, 2.24) is 15.5 Å². The molecule has 5 amide bonds. The van der Waals surface area contributed by atoms with Crippen LogP contribution in [0.5, 0.6) is 0 Å². The maximum absolute atomic E-state index is 14.4. The van der Waals surface area contributed by atoms with E-state index in [1.54, 1.807) is 131 Å². The average Bonchev–Trinajstić information content (AvgIpc) is 0.805. The molecule has 7 unspecified atom stereocenters. The van der Waals surface area contributed by atoms with E-state index in [0.717, 1.165) is 0 Å². The molecule has 4 aliphatic rings. The number of thioether (sulfide) groups is 2. The second-order valence-electron chi connectivity index (χ2n) is 26.3. The largest absolute Gasteiger partial charge is 0.464 e. The Hall–Kier alpha value is -11.7. The van der Waals surface area contributed by atoms with Crippen molar-refractivity contribution in [3.05, 3.63) is 223 Å². The first-order valence-corrected chi connectivity index (χ1v) is 37.4. The molecule has 8 N–H and O–H groups in total. The number of esters is 2. The molecule has 7 aromatic carbocycles. The van der Waals surface area contributed by atoms with Crippen LogP contribution in [0.3, 0.4) is 0 Å². The van der Waals surface area contributed by atoms with E-state index in [0.29, 0.717) is 110 Å². The van der Waals surface area contributed by atoms with Crippen molar-refractivity contribution in [2.45, 2.75) is 71.2 Å². The molecule has 0 bridgehead atoms. The van der Waals surface area contributed by atoms with Crippen LogP contribution in [-0.4, -0.2) is 196 Å². The first-order chi connectivity index (χ1) is 53.3. The van der Waals surface area contributed by atoms with E-state index >= 15 is 0 Å². The molecular formula is C81H79N7O21S2. The molecule has 7 atom stereocenters. The van der Waals surface area contributed by atoms with Gasteiger partial charge >= 0.3 is 30.1 Å². The Morgan fingerprint density at radius 2 is 1.01 bits per heavy atom. The summed E-state index contributed by atoms with van der Waals surface area (Å²) in [7, 11) is 0. The van der Waals surface area contributed by atoms with Gasteiger partial charge in [0, 0.05) is 92.0 Å². The third-order valence-electron chi connectivity index (χ3n) is 18.3. The summed E-state index contributed by atoms with van der Waals surface area (Å²) in [5, 5.41) is 46.4. The number of ketones is 7. The van der Waals surface area contributed by atoms with Crippen molar-refractivity contribution in [3.8, 4) is 0 Å². The van der Waals surface area contributed by atoms with Crippen LogP contribution in [0.1, 0.15) is 134 Å². The Balaban J connectivity index is 0.000000221. The number of fused-ring (bicyclic) bond motifs is 4. The van der Waals surface area contributed by atoms with E-state index in [-0.39, 0.29) is 120 Å². The smallest absolute Gasteiger partial charge is 0.411 e. The molecule has 28 nitrogen and oxygen atoms in total. The number of aliphatic imine (C=N–C) groups is 2. The molecule has 111 heavy (non-hydrogen) atoms. The topological polar surface area (TPSA) is 424 Å². The molecule has 11 rings (SSSR count). The number of carbonyl (C=O) groups is 12. The van der Waals surface area contributed by atoms with Crippen LogP contribution in [0, 0.1) is 32.6 Å². The number of Topliss-reactive ketones (excluding diaryl/α,β-unsaturated/α-hetero) is 3.